The molecule has 0 saturated carbocycles. The molecule has 0 amide bonds. The van der Waals surface area contributed by atoms with Crippen molar-refractivity contribution in [3.8, 4) is 45.3 Å². The average molecular weight is 634 g/mol. The molecular formula is C45H31NO3. The van der Waals surface area contributed by atoms with Gasteiger partial charge in [0.05, 0.1) is 11.4 Å². The number of hydrogen-bond donors (Lipinski definition) is 0. The lowest BCUT2D eigenvalue weighted by atomic mass is 9.82. The van der Waals surface area contributed by atoms with Gasteiger partial charge >= 0.3 is 0 Å². The minimum atomic E-state index is -0.153. The highest BCUT2D eigenvalue weighted by molar-refractivity contribution is 6.06. The molecule has 8 aromatic rings. The first-order chi connectivity index (χ1) is 24.0. The molecule has 4 heteroatoms. The van der Waals surface area contributed by atoms with E-state index in [1.54, 1.807) is 0 Å². The van der Waals surface area contributed by atoms with Crippen LogP contribution in [0.5, 0.6) is 23.0 Å². The molecule has 0 atom stereocenters. The summed E-state index contributed by atoms with van der Waals surface area (Å²) in [7, 11) is 0. The zero-order chi connectivity index (χ0) is 32.7. The first kappa shape index (κ1) is 27.8. The lowest BCUT2D eigenvalue weighted by Crippen LogP contribution is -2.16. The van der Waals surface area contributed by atoms with Crippen LogP contribution in [0.4, 0.5) is 17.1 Å². The Hall–Kier alpha value is -6.26. The minimum Gasteiger partial charge on any atom is -0.456 e. The molecule has 10 rings (SSSR count). The number of hydrogen-bond acceptors (Lipinski definition) is 4. The second-order valence-corrected chi connectivity index (χ2v) is 13.3. The Kier molecular flexibility index (Phi) is 5.89. The predicted octanol–water partition coefficient (Wildman–Crippen LogP) is 12.9. The number of para-hydroxylation sites is 4. The van der Waals surface area contributed by atoms with E-state index in [-0.39, 0.29) is 5.41 Å². The predicted molar refractivity (Wildman–Crippen MR) is 198 cm³/mol. The van der Waals surface area contributed by atoms with Gasteiger partial charge < -0.3 is 18.8 Å². The van der Waals surface area contributed by atoms with E-state index in [0.717, 1.165) is 61.6 Å². The standard InChI is InChI=1S/C45H31NO3/c1-45(2)35-18-9-6-16-31(35)34-26-42-43(27-36(34)45)49-44-38(20-12-22-40(44)48-42)46(29-13-4-3-5-14-29)37-19-10-7-15-30(37)28-23-24-33-32-17-8-11-21-39(32)47-41(33)25-28/h3-27H,1-2H3. The molecule has 234 valence electrons. The van der Waals surface area contributed by atoms with Crippen molar-refractivity contribution in [1.82, 2.24) is 0 Å². The third-order valence-electron chi connectivity index (χ3n) is 10.1. The normalized spacial score (nSPS) is 13.6. The van der Waals surface area contributed by atoms with Crippen LogP contribution in [-0.2, 0) is 5.41 Å². The molecular weight excluding hydrogens is 602 g/mol. The third kappa shape index (κ3) is 4.17. The van der Waals surface area contributed by atoms with Gasteiger partial charge in [0.25, 0.3) is 0 Å². The maximum absolute atomic E-state index is 6.91. The molecule has 2 heterocycles. The lowest BCUT2D eigenvalue weighted by Gasteiger charge is -2.32. The fourth-order valence-electron chi connectivity index (χ4n) is 7.75. The number of fused-ring (bicyclic) bond motifs is 8. The van der Waals surface area contributed by atoms with Crippen LogP contribution < -0.4 is 14.4 Å². The highest BCUT2D eigenvalue weighted by Gasteiger charge is 2.38. The molecule has 0 spiro atoms. The highest BCUT2D eigenvalue weighted by atomic mass is 16.6. The van der Waals surface area contributed by atoms with Crippen molar-refractivity contribution in [3.05, 3.63) is 163 Å². The first-order valence-electron chi connectivity index (χ1n) is 16.7. The third-order valence-corrected chi connectivity index (χ3v) is 10.1. The van der Waals surface area contributed by atoms with Crippen molar-refractivity contribution in [2.24, 2.45) is 0 Å². The van der Waals surface area contributed by atoms with E-state index >= 15 is 0 Å². The van der Waals surface area contributed by atoms with Crippen LogP contribution in [-0.4, -0.2) is 0 Å². The summed E-state index contributed by atoms with van der Waals surface area (Å²) in [4.78, 5) is 2.26. The van der Waals surface area contributed by atoms with Gasteiger partial charge in [0, 0.05) is 27.4 Å². The topological polar surface area (TPSA) is 34.8 Å². The zero-order valence-electron chi connectivity index (χ0n) is 27.1. The van der Waals surface area contributed by atoms with Gasteiger partial charge in [-0.3, -0.25) is 0 Å². The molecule has 1 aliphatic carbocycles. The molecule has 4 nitrogen and oxygen atoms in total. The summed E-state index contributed by atoms with van der Waals surface area (Å²) in [5.41, 5.74) is 11.6. The maximum atomic E-state index is 6.91. The van der Waals surface area contributed by atoms with Crippen molar-refractivity contribution in [3.63, 3.8) is 0 Å². The van der Waals surface area contributed by atoms with Crippen LogP contribution in [0.1, 0.15) is 25.0 Å². The lowest BCUT2D eigenvalue weighted by molar-refractivity contribution is 0.360. The molecule has 0 radical (unpaired) electrons. The van der Waals surface area contributed by atoms with Crippen molar-refractivity contribution < 1.29 is 13.9 Å². The maximum Gasteiger partial charge on any atom is 0.194 e. The fraction of sp³-hybridized carbons (Fsp3) is 0.0667. The zero-order valence-corrected chi connectivity index (χ0v) is 27.1. The second-order valence-electron chi connectivity index (χ2n) is 13.3. The van der Waals surface area contributed by atoms with Crippen LogP contribution in [0.3, 0.4) is 0 Å². The Labute approximate surface area is 284 Å². The van der Waals surface area contributed by atoms with Crippen LogP contribution in [0.2, 0.25) is 0 Å². The molecule has 49 heavy (non-hydrogen) atoms. The molecule has 1 aromatic heterocycles. The van der Waals surface area contributed by atoms with E-state index in [9.17, 15) is 0 Å². The van der Waals surface area contributed by atoms with Crippen molar-refractivity contribution >= 4 is 39.0 Å². The first-order valence-corrected chi connectivity index (χ1v) is 16.7. The van der Waals surface area contributed by atoms with E-state index in [1.807, 2.05) is 30.3 Å². The Bertz CT molecular complexity index is 2600. The average Bonchev–Trinajstić information content (AvgIpc) is 3.62. The van der Waals surface area contributed by atoms with Crippen molar-refractivity contribution in [2.75, 3.05) is 4.90 Å². The quantitative estimate of drug-likeness (QED) is 0.193. The molecule has 1 aliphatic heterocycles. The van der Waals surface area contributed by atoms with Crippen LogP contribution in [0.15, 0.2) is 156 Å². The van der Waals surface area contributed by atoms with Gasteiger partial charge in [0.2, 0.25) is 0 Å². The van der Waals surface area contributed by atoms with Gasteiger partial charge in [-0.25, -0.2) is 0 Å². The number of nitrogens with zero attached hydrogens (tertiary/aromatic N) is 1. The summed E-state index contributed by atoms with van der Waals surface area (Å²) in [6.07, 6.45) is 0. The van der Waals surface area contributed by atoms with E-state index in [2.05, 4.69) is 140 Å². The van der Waals surface area contributed by atoms with E-state index in [1.165, 1.54) is 22.3 Å². The van der Waals surface area contributed by atoms with Gasteiger partial charge in [0.1, 0.15) is 11.2 Å². The van der Waals surface area contributed by atoms with Gasteiger partial charge in [-0.15, -0.1) is 0 Å². The summed E-state index contributed by atoms with van der Waals surface area (Å²) in [5, 5.41) is 2.23. The number of benzene rings is 7. The van der Waals surface area contributed by atoms with E-state index in [4.69, 9.17) is 13.9 Å². The molecule has 0 saturated heterocycles. The van der Waals surface area contributed by atoms with Crippen LogP contribution in [0, 0.1) is 0 Å². The smallest absolute Gasteiger partial charge is 0.194 e. The van der Waals surface area contributed by atoms with Gasteiger partial charge in [-0.05, 0) is 88.5 Å². The van der Waals surface area contributed by atoms with Gasteiger partial charge in [-0.1, -0.05) is 105 Å². The number of furan rings is 1. The van der Waals surface area contributed by atoms with E-state index in [0.29, 0.717) is 11.5 Å². The number of ether oxygens (including phenoxy) is 2. The molecule has 0 N–H and O–H groups in total. The monoisotopic (exact) mass is 633 g/mol. The second kappa shape index (κ2) is 10.4. The molecule has 0 fully saturated rings. The SMILES string of the molecule is CC1(C)c2ccccc2-c2cc3c(cc21)Oc1c(cccc1N(c1ccccc1)c1ccccc1-c1ccc2c(c1)oc1ccccc12)O3. The Morgan fingerprint density at radius 3 is 2.08 bits per heavy atom. The molecule has 0 bridgehead atoms. The largest absolute Gasteiger partial charge is 0.456 e. The summed E-state index contributed by atoms with van der Waals surface area (Å²) in [6, 6.07) is 52.7. The van der Waals surface area contributed by atoms with Crippen LogP contribution >= 0.6 is 0 Å². The fourth-order valence-corrected chi connectivity index (χ4v) is 7.75. The van der Waals surface area contributed by atoms with Gasteiger partial charge in [0.15, 0.2) is 23.0 Å². The summed E-state index contributed by atoms with van der Waals surface area (Å²) in [6.45, 7) is 4.56. The van der Waals surface area contributed by atoms with Gasteiger partial charge in [-0.2, -0.15) is 0 Å². The van der Waals surface area contributed by atoms with Crippen molar-refractivity contribution in [1.29, 1.82) is 0 Å². The minimum absolute atomic E-state index is 0.153. The summed E-state index contributed by atoms with van der Waals surface area (Å²) >= 11 is 0. The molecule has 7 aromatic carbocycles. The van der Waals surface area contributed by atoms with Crippen LogP contribution in [0.25, 0.3) is 44.2 Å². The molecule has 0 unspecified atom stereocenters. The molecule has 2 aliphatic rings. The summed E-state index contributed by atoms with van der Waals surface area (Å²) in [5.74, 6) is 2.80. The number of anilines is 3. The Morgan fingerprint density at radius 2 is 1.18 bits per heavy atom. The summed E-state index contributed by atoms with van der Waals surface area (Å²) < 4.78 is 19.9. The van der Waals surface area contributed by atoms with E-state index < -0.39 is 0 Å². The number of rotatable bonds is 4. The Balaban J connectivity index is 1.13. The Morgan fingerprint density at radius 1 is 0.469 bits per heavy atom. The van der Waals surface area contributed by atoms with Crippen molar-refractivity contribution in [2.45, 2.75) is 19.3 Å². The highest BCUT2D eigenvalue weighted by Crippen LogP contribution is 2.57.